The first-order chi connectivity index (χ1) is 13.3. The van der Waals surface area contributed by atoms with E-state index >= 15 is 0 Å². The van der Waals surface area contributed by atoms with E-state index in [2.05, 4.69) is 0 Å². The molecule has 6 nitrogen and oxygen atoms in total. The summed E-state index contributed by atoms with van der Waals surface area (Å²) in [5.41, 5.74) is 3.19. The number of carboxylic acids is 1. The smallest absolute Gasteiger partial charge is 0.367 e. The maximum atomic E-state index is 13.7. The van der Waals surface area contributed by atoms with E-state index < -0.39 is 11.4 Å². The third-order valence-electron chi connectivity index (χ3n) is 5.93. The predicted octanol–water partition coefficient (Wildman–Crippen LogP) is 2.23. The van der Waals surface area contributed by atoms with Gasteiger partial charge in [0.05, 0.1) is 33.0 Å². The van der Waals surface area contributed by atoms with Gasteiger partial charge < -0.3 is 5.11 Å². The summed E-state index contributed by atoms with van der Waals surface area (Å²) in [6, 6.07) is 15.8. The largest absolute Gasteiger partial charge is 0.481 e. The molecule has 1 aliphatic carbocycles. The first-order valence-electron chi connectivity index (χ1n) is 9.34. The number of hydrogen-bond donors (Lipinski definition) is 1. The van der Waals surface area contributed by atoms with Gasteiger partial charge in [-0.05, 0) is 36.1 Å². The fraction of sp³-hybridized carbons (Fsp3) is 0.318. The van der Waals surface area contributed by atoms with E-state index in [1.807, 2.05) is 71.8 Å². The topological polar surface area (TPSA) is 66.4 Å². The molecule has 2 aromatic carbocycles. The number of rotatable bonds is 4. The molecule has 28 heavy (non-hydrogen) atoms. The number of aryl methyl sites for hydroxylation is 2. The highest BCUT2D eigenvalue weighted by atomic mass is 16.4. The Morgan fingerprint density at radius 1 is 1.11 bits per heavy atom. The average Bonchev–Trinajstić information content (AvgIpc) is 3.16. The van der Waals surface area contributed by atoms with Gasteiger partial charge in [0.2, 0.25) is 0 Å². The second-order valence-corrected chi connectivity index (χ2v) is 7.74. The number of aromatic nitrogens is 2. The lowest BCUT2D eigenvalue weighted by Gasteiger charge is -2.27. The lowest BCUT2D eigenvalue weighted by atomic mass is 9.80. The van der Waals surface area contributed by atoms with Gasteiger partial charge in [-0.25, -0.2) is 14.0 Å². The zero-order valence-electron chi connectivity index (χ0n) is 16.3. The Morgan fingerprint density at radius 2 is 1.68 bits per heavy atom. The van der Waals surface area contributed by atoms with E-state index in [4.69, 9.17) is 0 Å². The van der Waals surface area contributed by atoms with E-state index in [9.17, 15) is 14.7 Å². The molecule has 1 amide bonds. The number of carbonyl (C=O) groups is 2. The van der Waals surface area contributed by atoms with Crippen LogP contribution in [0.1, 0.15) is 17.5 Å². The number of benzene rings is 2. The molecule has 0 radical (unpaired) electrons. The van der Waals surface area contributed by atoms with Crippen molar-refractivity contribution in [3.63, 3.8) is 0 Å². The predicted molar refractivity (Wildman–Crippen MR) is 106 cm³/mol. The Morgan fingerprint density at radius 3 is 2.25 bits per heavy atom. The molecule has 0 atom stereocenters. The first kappa shape index (κ1) is 18.2. The Bertz CT molecular complexity index is 1040. The third kappa shape index (κ3) is 2.68. The minimum atomic E-state index is -0.965. The third-order valence-corrected chi connectivity index (χ3v) is 5.93. The summed E-state index contributed by atoms with van der Waals surface area (Å²) >= 11 is 0. The molecule has 4 rings (SSSR count). The van der Waals surface area contributed by atoms with Gasteiger partial charge in [-0.2, -0.15) is 0 Å². The number of amides is 1. The number of hydrogen-bond acceptors (Lipinski definition) is 2. The fourth-order valence-electron chi connectivity index (χ4n) is 4.70. The number of nitrogens with zero attached hydrogens (tertiary/aromatic N) is 3. The van der Waals surface area contributed by atoms with Crippen LogP contribution in [0.2, 0.25) is 0 Å². The van der Waals surface area contributed by atoms with Crippen LogP contribution in [-0.4, -0.2) is 28.6 Å². The molecule has 144 valence electrons. The number of carboxylic acid groups (broad SMARTS) is 1. The van der Waals surface area contributed by atoms with Crippen LogP contribution in [0, 0.1) is 5.41 Å². The van der Waals surface area contributed by atoms with Crippen molar-refractivity contribution in [3.05, 3.63) is 59.7 Å². The fourth-order valence-corrected chi connectivity index (χ4v) is 4.70. The lowest BCUT2D eigenvalue weighted by Crippen LogP contribution is -2.49. The molecule has 0 bridgehead atoms. The summed E-state index contributed by atoms with van der Waals surface area (Å²) in [7, 11) is 5.59. The Hall–Kier alpha value is -3.15. The number of carbonyl (C=O) groups excluding carboxylic acids is 1. The monoisotopic (exact) mass is 378 g/mol. The molecule has 1 heterocycles. The summed E-state index contributed by atoms with van der Waals surface area (Å²) in [6.45, 7) is 0. The molecule has 0 saturated carbocycles. The second kappa shape index (κ2) is 6.48. The van der Waals surface area contributed by atoms with Crippen LogP contribution in [0.3, 0.4) is 0 Å². The number of anilines is 1. The van der Waals surface area contributed by atoms with Gasteiger partial charge in [-0.3, -0.25) is 9.59 Å². The first-order valence-corrected chi connectivity index (χ1v) is 9.34. The highest BCUT2D eigenvalue weighted by Crippen LogP contribution is 2.41. The van der Waals surface area contributed by atoms with Crippen molar-refractivity contribution in [1.82, 2.24) is 4.57 Å². The van der Waals surface area contributed by atoms with Gasteiger partial charge >= 0.3 is 11.9 Å². The van der Waals surface area contributed by atoms with Crippen molar-refractivity contribution < 1.29 is 19.3 Å². The van der Waals surface area contributed by atoms with Crippen molar-refractivity contribution in [2.24, 2.45) is 19.5 Å². The molecule has 3 aromatic rings. The molecule has 0 unspecified atom stereocenters. The zero-order valence-corrected chi connectivity index (χ0v) is 16.3. The average molecular weight is 378 g/mol. The summed E-state index contributed by atoms with van der Waals surface area (Å²) in [5.74, 6) is -0.379. The van der Waals surface area contributed by atoms with E-state index in [-0.39, 0.29) is 12.3 Å². The van der Waals surface area contributed by atoms with Gasteiger partial charge in [0, 0.05) is 0 Å². The zero-order chi connectivity index (χ0) is 20.1. The quantitative estimate of drug-likeness (QED) is 0.708. The standard InChI is InChI=1S/C22H23N3O3/c1-23-17-10-6-7-11-18(17)24(2)21(23)25(3)20(28)22(14-19(26)27)12-15-8-4-5-9-16(15)13-22/h4-11H,12-14H2,1-3H3/p+1. The van der Waals surface area contributed by atoms with Crippen LogP contribution < -0.4 is 9.47 Å². The summed E-state index contributed by atoms with van der Waals surface area (Å²) in [4.78, 5) is 27.0. The molecular formula is C22H24N3O3+. The number of fused-ring (bicyclic) bond motifs is 2. The number of para-hydroxylation sites is 2. The number of aliphatic carboxylic acids is 1. The van der Waals surface area contributed by atoms with Gasteiger partial charge in [0.1, 0.15) is 11.0 Å². The molecule has 1 aliphatic rings. The molecule has 0 saturated heterocycles. The molecule has 0 spiro atoms. The van der Waals surface area contributed by atoms with Crippen molar-refractivity contribution in [2.45, 2.75) is 19.3 Å². The molecule has 0 fully saturated rings. The van der Waals surface area contributed by atoms with Crippen molar-refractivity contribution in [1.29, 1.82) is 0 Å². The molecule has 1 aromatic heterocycles. The molecule has 1 N–H and O–H groups in total. The second-order valence-electron chi connectivity index (χ2n) is 7.74. The van der Waals surface area contributed by atoms with Crippen molar-refractivity contribution in [3.8, 4) is 0 Å². The molecular weight excluding hydrogens is 354 g/mol. The van der Waals surface area contributed by atoms with Crippen molar-refractivity contribution in [2.75, 3.05) is 11.9 Å². The van der Waals surface area contributed by atoms with Crippen LogP contribution in [0.25, 0.3) is 11.0 Å². The van der Waals surface area contributed by atoms with Crippen LogP contribution in [-0.2, 0) is 36.5 Å². The normalized spacial score (nSPS) is 14.8. The Labute approximate surface area is 163 Å². The lowest BCUT2D eigenvalue weighted by molar-refractivity contribution is -0.632. The minimum Gasteiger partial charge on any atom is -0.481 e. The highest BCUT2D eigenvalue weighted by Gasteiger charge is 2.50. The molecule has 0 aliphatic heterocycles. The van der Waals surface area contributed by atoms with Gasteiger partial charge in [-0.15, -0.1) is 0 Å². The van der Waals surface area contributed by atoms with Crippen LogP contribution >= 0.6 is 0 Å². The van der Waals surface area contributed by atoms with Crippen LogP contribution in [0.5, 0.6) is 0 Å². The van der Waals surface area contributed by atoms with Crippen LogP contribution in [0.4, 0.5) is 5.95 Å². The summed E-state index contributed by atoms with van der Waals surface area (Å²) in [6.07, 6.45) is 0.719. The molecule has 6 heteroatoms. The Balaban J connectivity index is 1.78. The maximum Gasteiger partial charge on any atom is 0.367 e. The Kier molecular flexibility index (Phi) is 4.22. The highest BCUT2D eigenvalue weighted by molar-refractivity contribution is 5.99. The summed E-state index contributed by atoms with van der Waals surface area (Å²) < 4.78 is 3.95. The van der Waals surface area contributed by atoms with Crippen molar-refractivity contribution >= 4 is 28.9 Å². The summed E-state index contributed by atoms with van der Waals surface area (Å²) in [5, 5.41) is 9.56. The van der Waals surface area contributed by atoms with E-state index in [0.717, 1.165) is 28.1 Å². The SMILES string of the molecule is CN(C(=O)C1(CC(=O)O)Cc2ccccc2C1)c1n(C)c2ccccc2[n+]1C. The number of imidazole rings is 1. The van der Waals surface area contributed by atoms with E-state index in [1.54, 1.807) is 11.9 Å². The van der Waals surface area contributed by atoms with E-state index in [1.165, 1.54) is 0 Å². The van der Waals surface area contributed by atoms with E-state index in [0.29, 0.717) is 12.8 Å². The van der Waals surface area contributed by atoms with Crippen LogP contribution in [0.15, 0.2) is 48.5 Å². The maximum absolute atomic E-state index is 13.7. The van der Waals surface area contributed by atoms with Gasteiger partial charge in [0.25, 0.3) is 5.91 Å². The van der Waals surface area contributed by atoms with Gasteiger partial charge in [-0.1, -0.05) is 36.4 Å². The van der Waals surface area contributed by atoms with Gasteiger partial charge in [0.15, 0.2) is 0 Å². The minimum absolute atomic E-state index is 0.160.